The van der Waals surface area contributed by atoms with Crippen molar-refractivity contribution in [3.63, 3.8) is 0 Å². The fraction of sp³-hybridized carbons (Fsp3) is 0.259. The third-order valence-corrected chi connectivity index (χ3v) is 5.45. The van der Waals surface area contributed by atoms with Gasteiger partial charge in [0.1, 0.15) is 0 Å². The van der Waals surface area contributed by atoms with Crippen molar-refractivity contribution in [1.29, 1.82) is 0 Å². The molecule has 160 valence electrons. The minimum absolute atomic E-state index is 0.0324. The summed E-state index contributed by atoms with van der Waals surface area (Å²) in [5.74, 6) is -0.216. The van der Waals surface area contributed by atoms with Gasteiger partial charge < -0.3 is 10.6 Å². The molecule has 0 heterocycles. The highest BCUT2D eigenvalue weighted by Crippen LogP contribution is 2.28. The van der Waals surface area contributed by atoms with Crippen LogP contribution >= 0.6 is 0 Å². The molecule has 0 saturated carbocycles. The zero-order chi connectivity index (χ0) is 22.2. The summed E-state index contributed by atoms with van der Waals surface area (Å²) in [7, 11) is 0. The van der Waals surface area contributed by atoms with Gasteiger partial charge in [0, 0.05) is 18.9 Å². The fourth-order valence-electron chi connectivity index (χ4n) is 3.97. The number of aryl methyl sites for hydroxylation is 1. The number of hydrogen-bond donors (Lipinski definition) is 2. The summed E-state index contributed by atoms with van der Waals surface area (Å²) in [5.41, 5.74) is 4.36. The maximum Gasteiger partial charge on any atom is 0.222 e. The first-order chi connectivity index (χ1) is 14.9. The highest BCUT2D eigenvalue weighted by molar-refractivity contribution is 5.79. The van der Waals surface area contributed by atoms with E-state index in [4.69, 9.17) is 0 Å². The van der Waals surface area contributed by atoms with Crippen LogP contribution < -0.4 is 10.6 Å². The SMILES string of the molecule is CC(=O)NC(CC(=O)NC(C)C(c1ccccc1)c1ccccc1)c1ccc(C)cc1. The van der Waals surface area contributed by atoms with E-state index in [0.29, 0.717) is 0 Å². The summed E-state index contributed by atoms with van der Waals surface area (Å²) in [4.78, 5) is 24.7. The molecule has 3 aromatic rings. The van der Waals surface area contributed by atoms with Gasteiger partial charge in [-0.1, -0.05) is 90.5 Å². The number of nitrogens with one attached hydrogen (secondary N) is 2. The van der Waals surface area contributed by atoms with E-state index in [0.717, 1.165) is 22.3 Å². The van der Waals surface area contributed by atoms with E-state index < -0.39 is 0 Å². The molecule has 3 aromatic carbocycles. The summed E-state index contributed by atoms with van der Waals surface area (Å²) < 4.78 is 0. The van der Waals surface area contributed by atoms with Crippen molar-refractivity contribution in [3.05, 3.63) is 107 Å². The second-order valence-electron chi connectivity index (χ2n) is 8.02. The van der Waals surface area contributed by atoms with Crippen molar-refractivity contribution >= 4 is 11.8 Å². The average Bonchev–Trinajstić information content (AvgIpc) is 2.75. The maximum absolute atomic E-state index is 13.0. The molecule has 2 N–H and O–H groups in total. The largest absolute Gasteiger partial charge is 0.353 e. The Balaban J connectivity index is 1.77. The molecule has 0 aliphatic carbocycles. The molecule has 3 rings (SSSR count). The lowest BCUT2D eigenvalue weighted by molar-refractivity contribution is -0.123. The monoisotopic (exact) mass is 414 g/mol. The lowest BCUT2D eigenvalue weighted by atomic mass is 9.85. The van der Waals surface area contributed by atoms with Crippen LogP contribution in [0.1, 0.15) is 54.5 Å². The number of carbonyl (C=O) groups is 2. The Morgan fingerprint density at radius 1 is 0.742 bits per heavy atom. The van der Waals surface area contributed by atoms with Gasteiger partial charge in [0.25, 0.3) is 0 Å². The predicted octanol–water partition coefficient (Wildman–Crippen LogP) is 4.90. The molecule has 4 heteroatoms. The molecular weight excluding hydrogens is 384 g/mol. The van der Waals surface area contributed by atoms with Crippen molar-refractivity contribution in [2.45, 2.75) is 45.2 Å². The Morgan fingerprint density at radius 3 is 1.74 bits per heavy atom. The molecule has 0 radical (unpaired) electrons. The van der Waals surface area contributed by atoms with Crippen LogP contribution in [-0.4, -0.2) is 17.9 Å². The molecule has 31 heavy (non-hydrogen) atoms. The van der Waals surface area contributed by atoms with Gasteiger partial charge in [0.05, 0.1) is 12.5 Å². The first-order valence-electron chi connectivity index (χ1n) is 10.7. The van der Waals surface area contributed by atoms with Gasteiger partial charge in [-0.15, -0.1) is 0 Å². The van der Waals surface area contributed by atoms with Crippen molar-refractivity contribution in [1.82, 2.24) is 10.6 Å². The molecule has 0 aliphatic rings. The zero-order valence-electron chi connectivity index (χ0n) is 18.3. The van der Waals surface area contributed by atoms with Crippen LogP contribution in [0.4, 0.5) is 0 Å². The predicted molar refractivity (Wildman–Crippen MR) is 125 cm³/mol. The molecule has 0 fully saturated rings. The van der Waals surface area contributed by atoms with E-state index in [-0.39, 0.29) is 36.2 Å². The van der Waals surface area contributed by atoms with Gasteiger partial charge in [0.2, 0.25) is 11.8 Å². The highest BCUT2D eigenvalue weighted by atomic mass is 16.2. The Kier molecular flexibility index (Phi) is 7.60. The molecule has 2 unspecified atom stereocenters. The van der Waals surface area contributed by atoms with Crippen LogP contribution in [0.5, 0.6) is 0 Å². The second kappa shape index (κ2) is 10.6. The molecule has 0 aliphatic heterocycles. The van der Waals surface area contributed by atoms with Gasteiger partial charge in [-0.2, -0.15) is 0 Å². The Morgan fingerprint density at radius 2 is 1.26 bits per heavy atom. The van der Waals surface area contributed by atoms with Gasteiger partial charge in [-0.05, 0) is 30.5 Å². The Bertz CT molecular complexity index is 945. The minimum Gasteiger partial charge on any atom is -0.353 e. The highest BCUT2D eigenvalue weighted by Gasteiger charge is 2.24. The number of hydrogen-bond acceptors (Lipinski definition) is 2. The van der Waals surface area contributed by atoms with E-state index in [9.17, 15) is 9.59 Å². The lowest BCUT2D eigenvalue weighted by Crippen LogP contribution is -2.40. The molecular formula is C27H30N2O2. The second-order valence-corrected chi connectivity index (χ2v) is 8.02. The normalized spacial score (nSPS) is 12.8. The first-order valence-corrected chi connectivity index (χ1v) is 10.7. The number of benzene rings is 3. The number of carbonyl (C=O) groups excluding carboxylic acids is 2. The van der Waals surface area contributed by atoms with Crippen LogP contribution in [0.3, 0.4) is 0 Å². The lowest BCUT2D eigenvalue weighted by Gasteiger charge is -2.27. The smallest absolute Gasteiger partial charge is 0.222 e. The topological polar surface area (TPSA) is 58.2 Å². The number of rotatable bonds is 8. The summed E-state index contributed by atoms with van der Waals surface area (Å²) >= 11 is 0. The third kappa shape index (κ3) is 6.29. The van der Waals surface area contributed by atoms with Crippen LogP contribution in [0.15, 0.2) is 84.9 Å². The third-order valence-electron chi connectivity index (χ3n) is 5.45. The van der Waals surface area contributed by atoms with Crippen molar-refractivity contribution < 1.29 is 9.59 Å². The number of amides is 2. The fourth-order valence-corrected chi connectivity index (χ4v) is 3.97. The summed E-state index contributed by atoms with van der Waals surface area (Å²) in [6.45, 7) is 5.52. The zero-order valence-corrected chi connectivity index (χ0v) is 18.3. The summed E-state index contributed by atoms with van der Waals surface area (Å²) in [6, 6.07) is 27.8. The van der Waals surface area contributed by atoms with Crippen LogP contribution in [0.25, 0.3) is 0 Å². The molecule has 0 spiro atoms. The molecule has 0 bridgehead atoms. The molecule has 0 saturated heterocycles. The molecule has 0 aromatic heterocycles. The van der Waals surface area contributed by atoms with Crippen molar-refractivity contribution in [3.8, 4) is 0 Å². The van der Waals surface area contributed by atoms with Crippen LogP contribution in [0, 0.1) is 6.92 Å². The van der Waals surface area contributed by atoms with Crippen molar-refractivity contribution in [2.75, 3.05) is 0 Å². The average molecular weight is 415 g/mol. The van der Waals surface area contributed by atoms with Gasteiger partial charge in [-0.25, -0.2) is 0 Å². The van der Waals surface area contributed by atoms with E-state index in [1.54, 1.807) is 0 Å². The van der Waals surface area contributed by atoms with Gasteiger partial charge in [0.15, 0.2) is 0 Å². The quantitative estimate of drug-likeness (QED) is 0.551. The molecule has 2 atom stereocenters. The van der Waals surface area contributed by atoms with Gasteiger partial charge >= 0.3 is 0 Å². The van der Waals surface area contributed by atoms with Crippen LogP contribution in [0.2, 0.25) is 0 Å². The minimum atomic E-state index is -0.364. The Hall–Kier alpha value is -3.40. The molecule has 4 nitrogen and oxygen atoms in total. The standard InChI is InChI=1S/C27H30N2O2/c1-19-14-16-22(17-15-19)25(29-21(3)30)18-26(31)28-20(2)27(23-10-6-4-7-11-23)24-12-8-5-9-13-24/h4-17,20,25,27H,18H2,1-3H3,(H,28,31)(H,29,30). The van der Waals surface area contributed by atoms with E-state index in [1.807, 2.05) is 74.5 Å². The summed E-state index contributed by atoms with van der Waals surface area (Å²) in [5, 5.41) is 6.08. The van der Waals surface area contributed by atoms with Gasteiger partial charge in [-0.3, -0.25) is 9.59 Å². The first kappa shape index (κ1) is 22.3. The van der Waals surface area contributed by atoms with E-state index in [2.05, 4.69) is 34.9 Å². The van der Waals surface area contributed by atoms with E-state index in [1.165, 1.54) is 6.92 Å². The Labute approximate surface area is 184 Å². The molecule has 2 amide bonds. The summed E-state index contributed by atoms with van der Waals surface area (Å²) in [6.07, 6.45) is 0.184. The van der Waals surface area contributed by atoms with Crippen LogP contribution in [-0.2, 0) is 9.59 Å². The van der Waals surface area contributed by atoms with E-state index >= 15 is 0 Å². The maximum atomic E-state index is 13.0. The van der Waals surface area contributed by atoms with Crippen molar-refractivity contribution in [2.24, 2.45) is 0 Å².